The van der Waals surface area contributed by atoms with Crippen molar-refractivity contribution >= 4 is 0 Å². The molecule has 4 nitrogen and oxygen atoms in total. The molecule has 0 aliphatic rings. The third kappa shape index (κ3) is 2.90. The van der Waals surface area contributed by atoms with Gasteiger partial charge in [0.15, 0.2) is 5.82 Å². The SMILES string of the molecule is c1ccc(-c2ccc(-c3ccc(-c4ncncn4)cc3)cc2)nc1. The molecule has 4 rings (SSSR count). The lowest BCUT2D eigenvalue weighted by molar-refractivity contribution is 1.06. The Morgan fingerprint density at radius 2 is 1.08 bits per heavy atom. The van der Waals surface area contributed by atoms with E-state index in [9.17, 15) is 0 Å². The Morgan fingerprint density at radius 3 is 1.67 bits per heavy atom. The standard InChI is InChI=1S/C20H14N4/c1-2-12-22-19(3-1)17-8-4-15(5-9-17)16-6-10-18(11-7-16)20-23-13-21-14-24-20/h1-14H. The quantitative estimate of drug-likeness (QED) is 0.567. The summed E-state index contributed by atoms with van der Waals surface area (Å²) in [6, 6.07) is 22.6. The van der Waals surface area contributed by atoms with Gasteiger partial charge < -0.3 is 0 Å². The summed E-state index contributed by atoms with van der Waals surface area (Å²) in [5, 5.41) is 0. The maximum absolute atomic E-state index is 4.38. The average Bonchev–Trinajstić information content (AvgIpc) is 2.70. The maximum Gasteiger partial charge on any atom is 0.162 e. The molecule has 0 fully saturated rings. The second kappa shape index (κ2) is 6.38. The third-order valence-corrected chi connectivity index (χ3v) is 3.82. The molecule has 2 heterocycles. The first-order valence-electron chi connectivity index (χ1n) is 7.64. The number of pyridine rings is 1. The molecular formula is C20H14N4. The van der Waals surface area contributed by atoms with Crippen LogP contribution < -0.4 is 0 Å². The zero-order valence-electron chi connectivity index (χ0n) is 12.9. The van der Waals surface area contributed by atoms with Crippen molar-refractivity contribution in [3.05, 3.63) is 85.6 Å². The lowest BCUT2D eigenvalue weighted by atomic mass is 10.0. The van der Waals surface area contributed by atoms with Crippen LogP contribution in [0.15, 0.2) is 85.6 Å². The van der Waals surface area contributed by atoms with E-state index in [4.69, 9.17) is 0 Å². The van der Waals surface area contributed by atoms with Crippen LogP contribution in [0.4, 0.5) is 0 Å². The number of aromatic nitrogens is 4. The molecule has 2 aromatic carbocycles. The highest BCUT2D eigenvalue weighted by Crippen LogP contribution is 2.25. The van der Waals surface area contributed by atoms with Crippen molar-refractivity contribution in [3.63, 3.8) is 0 Å². The molecule has 0 amide bonds. The van der Waals surface area contributed by atoms with Crippen molar-refractivity contribution in [1.29, 1.82) is 0 Å². The van der Waals surface area contributed by atoms with Gasteiger partial charge in [-0.3, -0.25) is 4.98 Å². The first-order valence-corrected chi connectivity index (χ1v) is 7.64. The van der Waals surface area contributed by atoms with Gasteiger partial charge in [0.2, 0.25) is 0 Å². The summed E-state index contributed by atoms with van der Waals surface area (Å²) in [5.41, 5.74) is 5.39. The Balaban J connectivity index is 1.60. The molecule has 0 unspecified atom stereocenters. The third-order valence-electron chi connectivity index (χ3n) is 3.82. The lowest BCUT2D eigenvalue weighted by Crippen LogP contribution is -1.89. The van der Waals surface area contributed by atoms with E-state index in [0.717, 1.165) is 27.9 Å². The predicted octanol–water partition coefficient (Wildman–Crippen LogP) is 4.27. The number of benzene rings is 2. The van der Waals surface area contributed by atoms with Gasteiger partial charge in [0.25, 0.3) is 0 Å². The van der Waals surface area contributed by atoms with Gasteiger partial charge in [-0.1, -0.05) is 54.6 Å². The molecular weight excluding hydrogens is 296 g/mol. The molecule has 4 heteroatoms. The van der Waals surface area contributed by atoms with E-state index in [1.54, 1.807) is 0 Å². The highest BCUT2D eigenvalue weighted by Gasteiger charge is 2.03. The summed E-state index contributed by atoms with van der Waals surface area (Å²) in [5.74, 6) is 0.682. The normalized spacial score (nSPS) is 10.5. The monoisotopic (exact) mass is 310 g/mol. The predicted molar refractivity (Wildman–Crippen MR) is 93.9 cm³/mol. The minimum Gasteiger partial charge on any atom is -0.256 e. The molecule has 0 saturated heterocycles. The summed E-state index contributed by atoms with van der Waals surface area (Å²) in [6.45, 7) is 0. The Hall–Kier alpha value is -3.40. The molecule has 24 heavy (non-hydrogen) atoms. The lowest BCUT2D eigenvalue weighted by Gasteiger charge is -2.05. The van der Waals surface area contributed by atoms with Crippen LogP contribution in [-0.2, 0) is 0 Å². The van der Waals surface area contributed by atoms with E-state index in [2.05, 4.69) is 56.3 Å². The fraction of sp³-hybridized carbons (Fsp3) is 0. The van der Waals surface area contributed by atoms with Crippen molar-refractivity contribution in [2.75, 3.05) is 0 Å². The van der Waals surface area contributed by atoms with E-state index in [-0.39, 0.29) is 0 Å². The smallest absolute Gasteiger partial charge is 0.162 e. The first kappa shape index (κ1) is 14.2. The average molecular weight is 310 g/mol. The van der Waals surface area contributed by atoms with Crippen LogP contribution in [0.3, 0.4) is 0 Å². The molecule has 0 aliphatic heterocycles. The van der Waals surface area contributed by atoms with Crippen molar-refractivity contribution in [2.24, 2.45) is 0 Å². The molecule has 0 radical (unpaired) electrons. The Kier molecular flexibility index (Phi) is 3.78. The number of hydrogen-bond donors (Lipinski definition) is 0. The maximum atomic E-state index is 4.38. The zero-order chi connectivity index (χ0) is 16.2. The van der Waals surface area contributed by atoms with E-state index in [1.807, 2.05) is 36.5 Å². The van der Waals surface area contributed by atoms with Gasteiger partial charge in [-0.2, -0.15) is 0 Å². The molecule has 2 aromatic heterocycles. The molecule has 0 saturated carbocycles. The summed E-state index contributed by atoms with van der Waals surface area (Å²) in [6.07, 6.45) is 4.82. The van der Waals surface area contributed by atoms with E-state index >= 15 is 0 Å². The molecule has 4 aromatic rings. The van der Waals surface area contributed by atoms with Crippen LogP contribution in [0.25, 0.3) is 33.8 Å². The molecule has 0 N–H and O–H groups in total. The number of nitrogens with zero attached hydrogens (tertiary/aromatic N) is 4. The number of hydrogen-bond acceptors (Lipinski definition) is 4. The Labute approximate surface area is 139 Å². The van der Waals surface area contributed by atoms with Crippen LogP contribution in [0.2, 0.25) is 0 Å². The number of rotatable bonds is 3. The molecule has 0 atom stereocenters. The summed E-state index contributed by atoms with van der Waals surface area (Å²) in [7, 11) is 0. The Bertz CT molecular complexity index is 838. The van der Waals surface area contributed by atoms with Gasteiger partial charge >= 0.3 is 0 Å². The Morgan fingerprint density at radius 1 is 0.500 bits per heavy atom. The second-order valence-corrected chi connectivity index (χ2v) is 5.33. The summed E-state index contributed by atoms with van der Waals surface area (Å²) in [4.78, 5) is 16.6. The van der Waals surface area contributed by atoms with Crippen molar-refractivity contribution in [2.45, 2.75) is 0 Å². The van der Waals surface area contributed by atoms with Gasteiger partial charge in [-0.25, -0.2) is 15.0 Å². The van der Waals surface area contributed by atoms with Gasteiger partial charge in [-0.05, 0) is 23.3 Å². The van der Waals surface area contributed by atoms with Crippen molar-refractivity contribution < 1.29 is 0 Å². The topological polar surface area (TPSA) is 51.6 Å². The van der Waals surface area contributed by atoms with Gasteiger partial charge in [0.1, 0.15) is 12.7 Å². The highest BCUT2D eigenvalue weighted by atomic mass is 15.0. The van der Waals surface area contributed by atoms with Crippen LogP contribution in [-0.4, -0.2) is 19.9 Å². The van der Waals surface area contributed by atoms with Crippen LogP contribution in [0.5, 0.6) is 0 Å². The van der Waals surface area contributed by atoms with Crippen LogP contribution in [0, 0.1) is 0 Å². The minimum absolute atomic E-state index is 0.682. The fourth-order valence-electron chi connectivity index (χ4n) is 2.57. The first-order chi connectivity index (χ1) is 11.9. The van der Waals surface area contributed by atoms with Crippen LogP contribution in [0.1, 0.15) is 0 Å². The van der Waals surface area contributed by atoms with E-state index < -0.39 is 0 Å². The largest absolute Gasteiger partial charge is 0.256 e. The van der Waals surface area contributed by atoms with Crippen molar-refractivity contribution in [1.82, 2.24) is 19.9 Å². The minimum atomic E-state index is 0.682. The van der Waals surface area contributed by atoms with Crippen molar-refractivity contribution in [3.8, 4) is 33.8 Å². The summed E-state index contributed by atoms with van der Waals surface area (Å²) < 4.78 is 0. The van der Waals surface area contributed by atoms with Gasteiger partial charge in [0.05, 0.1) is 5.69 Å². The molecule has 114 valence electrons. The highest BCUT2D eigenvalue weighted by molar-refractivity contribution is 5.70. The van der Waals surface area contributed by atoms with E-state index in [1.165, 1.54) is 12.7 Å². The summed E-state index contributed by atoms with van der Waals surface area (Å²) >= 11 is 0. The van der Waals surface area contributed by atoms with Gasteiger partial charge in [0, 0.05) is 17.3 Å². The molecule has 0 spiro atoms. The molecule has 0 bridgehead atoms. The fourth-order valence-corrected chi connectivity index (χ4v) is 2.57. The van der Waals surface area contributed by atoms with Gasteiger partial charge in [-0.15, -0.1) is 0 Å². The zero-order valence-corrected chi connectivity index (χ0v) is 12.9. The van der Waals surface area contributed by atoms with Crippen LogP contribution >= 0.6 is 0 Å². The van der Waals surface area contributed by atoms with E-state index in [0.29, 0.717) is 5.82 Å². The second-order valence-electron chi connectivity index (χ2n) is 5.33. The molecule has 0 aliphatic carbocycles.